The standard InChI is InChI=1S/C16H19BFNO2S/c1-10-19-12-7-6-11(8-13(12)22-10)9-14(18)17-20-15(2,3)16(4,5)21-17/h6-9H,1-5H3. The molecule has 0 atom stereocenters. The van der Waals surface area contributed by atoms with Crippen LogP contribution >= 0.6 is 11.3 Å². The predicted octanol–water partition coefficient (Wildman–Crippen LogP) is 4.55. The van der Waals surface area contributed by atoms with E-state index >= 15 is 0 Å². The van der Waals surface area contributed by atoms with Gasteiger partial charge in [-0.15, -0.1) is 11.3 Å². The van der Waals surface area contributed by atoms with Crippen molar-refractivity contribution in [2.45, 2.75) is 45.8 Å². The Hall–Kier alpha value is -1.24. The van der Waals surface area contributed by atoms with Gasteiger partial charge in [0.15, 0.2) is 0 Å². The van der Waals surface area contributed by atoms with E-state index in [0.717, 1.165) is 20.8 Å². The third-order valence-corrected chi connectivity index (χ3v) is 5.24. The SMILES string of the molecule is Cc1nc2ccc(C=C(F)B3OC(C)(C)C(C)(C)O3)cc2s1. The molecule has 116 valence electrons. The number of hydrogen-bond acceptors (Lipinski definition) is 4. The fourth-order valence-electron chi connectivity index (χ4n) is 2.33. The van der Waals surface area contributed by atoms with Crippen LogP contribution in [-0.2, 0) is 9.31 Å². The highest BCUT2D eigenvalue weighted by atomic mass is 32.1. The quantitative estimate of drug-likeness (QED) is 0.761. The highest BCUT2D eigenvalue weighted by Gasteiger charge is 2.53. The number of rotatable bonds is 2. The lowest BCUT2D eigenvalue weighted by Gasteiger charge is -2.32. The minimum Gasteiger partial charge on any atom is -0.398 e. The third-order valence-electron chi connectivity index (χ3n) is 4.30. The number of aromatic nitrogens is 1. The van der Waals surface area contributed by atoms with Gasteiger partial charge < -0.3 is 9.31 Å². The molecule has 2 heterocycles. The summed E-state index contributed by atoms with van der Waals surface area (Å²) in [5, 5.41) is 1.00. The van der Waals surface area contributed by atoms with Crippen LogP contribution in [0.2, 0.25) is 0 Å². The number of benzene rings is 1. The Morgan fingerprint density at radius 2 is 1.86 bits per heavy atom. The summed E-state index contributed by atoms with van der Waals surface area (Å²) >= 11 is 1.60. The fraction of sp³-hybridized carbons (Fsp3) is 0.438. The van der Waals surface area contributed by atoms with Crippen molar-refractivity contribution in [3.8, 4) is 0 Å². The largest absolute Gasteiger partial charge is 0.525 e. The van der Waals surface area contributed by atoms with Crippen LogP contribution in [-0.4, -0.2) is 23.3 Å². The summed E-state index contributed by atoms with van der Waals surface area (Å²) in [7, 11) is -0.955. The Morgan fingerprint density at radius 3 is 2.50 bits per heavy atom. The molecule has 6 heteroatoms. The van der Waals surface area contributed by atoms with Gasteiger partial charge in [-0.2, -0.15) is 0 Å². The average Bonchev–Trinajstić information content (AvgIpc) is 2.85. The molecule has 0 bridgehead atoms. The van der Waals surface area contributed by atoms with Gasteiger partial charge >= 0.3 is 7.12 Å². The molecule has 0 amide bonds. The molecule has 0 aliphatic carbocycles. The van der Waals surface area contributed by atoms with Crippen LogP contribution in [0, 0.1) is 6.92 Å². The second kappa shape index (κ2) is 5.15. The summed E-state index contributed by atoms with van der Waals surface area (Å²) < 4.78 is 27.0. The van der Waals surface area contributed by atoms with Gasteiger partial charge in [-0.05, 0) is 58.4 Å². The summed E-state index contributed by atoms with van der Waals surface area (Å²) in [6.07, 6.45) is 1.47. The maximum atomic E-state index is 14.5. The normalized spacial score (nSPS) is 20.8. The van der Waals surface area contributed by atoms with Gasteiger partial charge in [0, 0.05) is 0 Å². The van der Waals surface area contributed by atoms with E-state index in [9.17, 15) is 4.39 Å². The van der Waals surface area contributed by atoms with Crippen LogP contribution in [0.4, 0.5) is 4.39 Å². The molecule has 1 fully saturated rings. The summed E-state index contributed by atoms with van der Waals surface area (Å²) in [5.74, 6) is 0. The van der Waals surface area contributed by atoms with Crippen molar-refractivity contribution in [2.24, 2.45) is 0 Å². The molecule has 0 radical (unpaired) electrons. The first kappa shape index (κ1) is 15.7. The minimum atomic E-state index is -0.955. The number of aryl methyl sites for hydroxylation is 1. The van der Waals surface area contributed by atoms with Gasteiger partial charge in [-0.1, -0.05) is 6.07 Å². The Morgan fingerprint density at radius 1 is 1.23 bits per heavy atom. The number of fused-ring (bicyclic) bond motifs is 1. The van der Waals surface area contributed by atoms with Crippen molar-refractivity contribution in [3.63, 3.8) is 0 Å². The predicted molar refractivity (Wildman–Crippen MR) is 89.5 cm³/mol. The molecule has 1 aliphatic rings. The second-order valence-electron chi connectivity index (χ2n) is 6.58. The van der Waals surface area contributed by atoms with E-state index in [1.807, 2.05) is 52.8 Å². The maximum absolute atomic E-state index is 14.5. The van der Waals surface area contributed by atoms with E-state index in [1.165, 1.54) is 6.08 Å². The van der Waals surface area contributed by atoms with E-state index in [2.05, 4.69) is 4.98 Å². The zero-order chi connectivity index (χ0) is 16.1. The average molecular weight is 319 g/mol. The second-order valence-corrected chi connectivity index (χ2v) is 7.81. The number of thiazole rings is 1. The number of nitrogens with zero attached hydrogens (tertiary/aromatic N) is 1. The molecule has 1 aromatic carbocycles. The summed E-state index contributed by atoms with van der Waals surface area (Å²) in [6, 6.07) is 5.69. The zero-order valence-electron chi connectivity index (χ0n) is 13.4. The lowest BCUT2D eigenvalue weighted by atomic mass is 9.87. The topological polar surface area (TPSA) is 31.4 Å². The van der Waals surface area contributed by atoms with Crippen LogP contribution < -0.4 is 0 Å². The van der Waals surface area contributed by atoms with Crippen LogP contribution in [0.5, 0.6) is 0 Å². The van der Waals surface area contributed by atoms with Gasteiger partial charge in [-0.25, -0.2) is 9.37 Å². The van der Waals surface area contributed by atoms with E-state index < -0.39 is 24.0 Å². The van der Waals surface area contributed by atoms with Crippen LogP contribution in [0.3, 0.4) is 0 Å². The van der Waals surface area contributed by atoms with Gasteiger partial charge in [0.05, 0.1) is 26.4 Å². The number of hydrogen-bond donors (Lipinski definition) is 0. The maximum Gasteiger partial charge on any atom is 0.525 e. The van der Waals surface area contributed by atoms with E-state index in [0.29, 0.717) is 0 Å². The molecule has 0 spiro atoms. The van der Waals surface area contributed by atoms with Crippen LogP contribution in [0.15, 0.2) is 23.9 Å². The van der Waals surface area contributed by atoms with Crippen molar-refractivity contribution in [2.75, 3.05) is 0 Å². The Kier molecular flexibility index (Phi) is 3.66. The van der Waals surface area contributed by atoms with E-state index in [-0.39, 0.29) is 0 Å². The van der Waals surface area contributed by atoms with Crippen LogP contribution in [0.1, 0.15) is 38.3 Å². The lowest BCUT2D eigenvalue weighted by Crippen LogP contribution is -2.41. The third kappa shape index (κ3) is 2.71. The molecule has 1 saturated heterocycles. The minimum absolute atomic E-state index is 0.417. The molecule has 2 aromatic rings. The van der Waals surface area contributed by atoms with Crippen molar-refractivity contribution in [3.05, 3.63) is 34.5 Å². The summed E-state index contributed by atoms with van der Waals surface area (Å²) in [6.45, 7) is 9.60. The molecule has 22 heavy (non-hydrogen) atoms. The zero-order valence-corrected chi connectivity index (χ0v) is 14.3. The van der Waals surface area contributed by atoms with Gasteiger partial charge in [0.25, 0.3) is 0 Å². The highest BCUT2D eigenvalue weighted by Crippen LogP contribution is 2.39. The van der Waals surface area contributed by atoms with Crippen molar-refractivity contribution < 1.29 is 13.7 Å². The Balaban J connectivity index is 1.87. The van der Waals surface area contributed by atoms with Crippen molar-refractivity contribution in [1.82, 2.24) is 4.98 Å². The molecule has 1 aliphatic heterocycles. The van der Waals surface area contributed by atoms with Gasteiger partial charge in [0.1, 0.15) is 5.73 Å². The molecule has 0 unspecified atom stereocenters. The lowest BCUT2D eigenvalue weighted by molar-refractivity contribution is 0.00578. The van der Waals surface area contributed by atoms with Gasteiger partial charge in [-0.3, -0.25) is 0 Å². The monoisotopic (exact) mass is 319 g/mol. The van der Waals surface area contributed by atoms with E-state index in [4.69, 9.17) is 9.31 Å². The molecular formula is C16H19BFNO2S. The summed E-state index contributed by atoms with van der Waals surface area (Å²) in [5.41, 5.74) is 0.224. The van der Waals surface area contributed by atoms with Crippen molar-refractivity contribution >= 4 is 34.7 Å². The fourth-order valence-corrected chi connectivity index (χ4v) is 3.20. The molecule has 0 N–H and O–H groups in total. The smallest absolute Gasteiger partial charge is 0.398 e. The molecule has 3 rings (SSSR count). The Bertz CT molecular complexity index is 738. The van der Waals surface area contributed by atoms with E-state index in [1.54, 1.807) is 11.3 Å². The molecule has 0 saturated carbocycles. The first-order valence-electron chi connectivity index (χ1n) is 7.28. The van der Waals surface area contributed by atoms with Gasteiger partial charge in [0.2, 0.25) is 0 Å². The molecule has 3 nitrogen and oxygen atoms in total. The Labute approximate surface area is 134 Å². The number of halogens is 1. The first-order valence-corrected chi connectivity index (χ1v) is 8.09. The first-order chi connectivity index (χ1) is 10.2. The summed E-state index contributed by atoms with van der Waals surface area (Å²) in [4.78, 5) is 4.40. The highest BCUT2D eigenvalue weighted by molar-refractivity contribution is 7.18. The molecular weight excluding hydrogens is 300 g/mol. The molecule has 1 aromatic heterocycles. The van der Waals surface area contributed by atoms with Crippen LogP contribution in [0.25, 0.3) is 16.3 Å². The van der Waals surface area contributed by atoms with Crippen molar-refractivity contribution in [1.29, 1.82) is 0 Å².